The summed E-state index contributed by atoms with van der Waals surface area (Å²) >= 11 is 6.09. The zero-order chi connectivity index (χ0) is 9.40. The molecule has 0 aromatic heterocycles. The minimum atomic E-state index is 0.339. The third kappa shape index (κ3) is 5.84. The average molecular weight is 193 g/mol. The van der Waals surface area contributed by atoms with E-state index in [-0.39, 0.29) is 0 Å². The maximum absolute atomic E-state index is 6.09. The quantitative estimate of drug-likeness (QED) is 0.444. The lowest BCUT2D eigenvalue weighted by molar-refractivity contribution is 0.140. The normalized spacial score (nSPS) is 16.0. The predicted molar refractivity (Wildman–Crippen MR) is 54.8 cm³/mol. The molecule has 2 unspecified atom stereocenters. The van der Waals surface area contributed by atoms with Gasteiger partial charge in [-0.15, -0.1) is 11.6 Å². The topological polar surface area (TPSA) is 9.23 Å². The van der Waals surface area contributed by atoms with Crippen LogP contribution in [-0.4, -0.2) is 18.6 Å². The van der Waals surface area contributed by atoms with Crippen molar-refractivity contribution in [2.45, 2.75) is 45.4 Å². The molecular weight excluding hydrogens is 172 g/mol. The molecule has 0 aliphatic carbocycles. The number of hydrogen-bond acceptors (Lipinski definition) is 1. The summed E-state index contributed by atoms with van der Waals surface area (Å²) in [6.45, 7) is 8.09. The molecule has 0 fully saturated rings. The second-order valence-electron chi connectivity index (χ2n) is 3.24. The first-order chi connectivity index (χ1) is 5.72. The highest BCUT2D eigenvalue weighted by molar-refractivity contribution is 6.20. The Morgan fingerprint density at radius 2 is 2.00 bits per heavy atom. The Bertz CT molecular complexity index is 95.8. The summed E-state index contributed by atoms with van der Waals surface area (Å²) in [5.41, 5.74) is 0. The first kappa shape index (κ1) is 12.2. The van der Waals surface area contributed by atoms with E-state index in [1.54, 1.807) is 0 Å². The summed E-state index contributed by atoms with van der Waals surface area (Å²) in [5, 5.41) is 0.339. The molecular formula is C10H21ClO. The standard InChI is InChI=1S/C10H21ClO/c1-4-10(11)9(3)7-6-8-12-5-2/h9-10H,4-8H2,1-3H3. The fourth-order valence-electron chi connectivity index (χ4n) is 1.23. The van der Waals surface area contributed by atoms with Gasteiger partial charge in [0.05, 0.1) is 0 Å². The summed E-state index contributed by atoms with van der Waals surface area (Å²) in [5.74, 6) is 0.622. The van der Waals surface area contributed by atoms with Crippen molar-refractivity contribution in [1.82, 2.24) is 0 Å². The molecule has 0 aromatic rings. The monoisotopic (exact) mass is 192 g/mol. The first-order valence-electron chi connectivity index (χ1n) is 4.94. The van der Waals surface area contributed by atoms with E-state index < -0.39 is 0 Å². The van der Waals surface area contributed by atoms with Gasteiger partial charge in [-0.2, -0.15) is 0 Å². The Hall–Kier alpha value is 0.250. The molecule has 0 aliphatic heterocycles. The van der Waals surface area contributed by atoms with Crippen LogP contribution in [-0.2, 0) is 4.74 Å². The van der Waals surface area contributed by atoms with Gasteiger partial charge in [0, 0.05) is 18.6 Å². The minimum absolute atomic E-state index is 0.339. The van der Waals surface area contributed by atoms with Crippen molar-refractivity contribution in [2.24, 2.45) is 5.92 Å². The molecule has 0 bridgehead atoms. The largest absolute Gasteiger partial charge is 0.382 e. The van der Waals surface area contributed by atoms with Gasteiger partial charge >= 0.3 is 0 Å². The third-order valence-corrected chi connectivity index (χ3v) is 2.90. The summed E-state index contributed by atoms with van der Waals surface area (Å²) < 4.78 is 5.25. The average Bonchev–Trinajstić information content (AvgIpc) is 2.10. The van der Waals surface area contributed by atoms with E-state index in [0.29, 0.717) is 11.3 Å². The third-order valence-electron chi connectivity index (χ3n) is 2.16. The predicted octanol–water partition coefficient (Wildman–Crippen LogP) is 3.46. The zero-order valence-electron chi connectivity index (χ0n) is 8.48. The van der Waals surface area contributed by atoms with Crippen molar-refractivity contribution in [3.8, 4) is 0 Å². The fraction of sp³-hybridized carbons (Fsp3) is 1.00. The molecule has 0 saturated heterocycles. The summed E-state index contributed by atoms with van der Waals surface area (Å²) in [6, 6.07) is 0. The zero-order valence-corrected chi connectivity index (χ0v) is 9.23. The van der Waals surface area contributed by atoms with Crippen molar-refractivity contribution in [3.05, 3.63) is 0 Å². The molecule has 1 nitrogen and oxygen atoms in total. The van der Waals surface area contributed by atoms with Crippen molar-refractivity contribution in [2.75, 3.05) is 13.2 Å². The molecule has 2 atom stereocenters. The summed E-state index contributed by atoms with van der Waals surface area (Å²) in [6.07, 6.45) is 3.39. The van der Waals surface area contributed by atoms with Gasteiger partial charge < -0.3 is 4.74 Å². The summed E-state index contributed by atoms with van der Waals surface area (Å²) in [4.78, 5) is 0. The minimum Gasteiger partial charge on any atom is -0.382 e. The lowest BCUT2D eigenvalue weighted by atomic mass is 10.0. The van der Waals surface area contributed by atoms with Crippen molar-refractivity contribution >= 4 is 11.6 Å². The van der Waals surface area contributed by atoms with Crippen molar-refractivity contribution in [3.63, 3.8) is 0 Å². The van der Waals surface area contributed by atoms with Crippen LogP contribution in [0.1, 0.15) is 40.0 Å². The second kappa shape index (κ2) is 7.88. The van der Waals surface area contributed by atoms with E-state index in [0.717, 1.165) is 26.1 Å². The molecule has 2 heteroatoms. The fourth-order valence-corrected chi connectivity index (χ4v) is 1.36. The number of halogens is 1. The molecule has 0 heterocycles. The number of hydrogen-bond donors (Lipinski definition) is 0. The van der Waals surface area contributed by atoms with E-state index in [1.165, 1.54) is 6.42 Å². The highest BCUT2D eigenvalue weighted by Gasteiger charge is 2.11. The van der Waals surface area contributed by atoms with Gasteiger partial charge in [-0.1, -0.05) is 13.8 Å². The Balaban J connectivity index is 3.24. The molecule has 74 valence electrons. The Labute approximate surface area is 81.4 Å². The molecule has 0 rings (SSSR count). The molecule has 0 aromatic carbocycles. The van der Waals surface area contributed by atoms with Gasteiger partial charge in [0.25, 0.3) is 0 Å². The van der Waals surface area contributed by atoms with Gasteiger partial charge in [0.2, 0.25) is 0 Å². The number of ether oxygens (including phenoxy) is 1. The SMILES string of the molecule is CCOCCCC(C)C(Cl)CC. The van der Waals surface area contributed by atoms with Crippen LogP contribution in [0.15, 0.2) is 0 Å². The van der Waals surface area contributed by atoms with Crippen molar-refractivity contribution < 1.29 is 4.74 Å². The van der Waals surface area contributed by atoms with Crippen LogP contribution in [0.4, 0.5) is 0 Å². The van der Waals surface area contributed by atoms with E-state index >= 15 is 0 Å². The lowest BCUT2D eigenvalue weighted by Gasteiger charge is -2.15. The highest BCUT2D eigenvalue weighted by Crippen LogP contribution is 2.18. The van der Waals surface area contributed by atoms with E-state index in [9.17, 15) is 0 Å². The Morgan fingerprint density at radius 3 is 2.50 bits per heavy atom. The molecule has 0 radical (unpaired) electrons. The van der Waals surface area contributed by atoms with Gasteiger partial charge in [-0.25, -0.2) is 0 Å². The van der Waals surface area contributed by atoms with Crippen molar-refractivity contribution in [1.29, 1.82) is 0 Å². The first-order valence-corrected chi connectivity index (χ1v) is 5.37. The summed E-state index contributed by atoms with van der Waals surface area (Å²) in [7, 11) is 0. The Morgan fingerprint density at radius 1 is 1.33 bits per heavy atom. The number of alkyl halides is 1. The van der Waals surface area contributed by atoms with Crippen LogP contribution in [0.3, 0.4) is 0 Å². The highest BCUT2D eigenvalue weighted by atomic mass is 35.5. The molecule has 0 amide bonds. The molecule has 0 N–H and O–H groups in total. The Kier molecular flexibility index (Phi) is 8.04. The van der Waals surface area contributed by atoms with Gasteiger partial charge in [0.15, 0.2) is 0 Å². The van der Waals surface area contributed by atoms with Crippen LogP contribution < -0.4 is 0 Å². The van der Waals surface area contributed by atoms with Crippen LogP contribution in [0.2, 0.25) is 0 Å². The second-order valence-corrected chi connectivity index (χ2v) is 3.80. The lowest BCUT2D eigenvalue weighted by Crippen LogP contribution is -2.11. The van der Waals surface area contributed by atoms with Gasteiger partial charge in [-0.3, -0.25) is 0 Å². The van der Waals surface area contributed by atoms with Crippen LogP contribution in [0, 0.1) is 5.92 Å². The maximum Gasteiger partial charge on any atom is 0.0466 e. The number of rotatable bonds is 7. The van der Waals surface area contributed by atoms with E-state index in [2.05, 4.69) is 13.8 Å². The molecule has 0 spiro atoms. The van der Waals surface area contributed by atoms with Gasteiger partial charge in [-0.05, 0) is 32.1 Å². The molecule has 12 heavy (non-hydrogen) atoms. The van der Waals surface area contributed by atoms with E-state index in [1.807, 2.05) is 6.92 Å². The maximum atomic E-state index is 6.09. The van der Waals surface area contributed by atoms with Gasteiger partial charge in [0.1, 0.15) is 0 Å². The van der Waals surface area contributed by atoms with E-state index in [4.69, 9.17) is 16.3 Å². The smallest absolute Gasteiger partial charge is 0.0466 e. The van der Waals surface area contributed by atoms with Crippen LogP contribution >= 0.6 is 11.6 Å². The van der Waals surface area contributed by atoms with Crippen LogP contribution in [0.25, 0.3) is 0 Å². The molecule has 0 aliphatic rings. The molecule has 0 saturated carbocycles. The van der Waals surface area contributed by atoms with Crippen LogP contribution in [0.5, 0.6) is 0 Å².